The number of esters is 3. The number of ether oxygens (including phenoxy) is 4. The molecule has 0 unspecified atom stereocenters. The molecule has 0 aromatic heterocycles. The Morgan fingerprint density at radius 3 is 1.97 bits per heavy atom. The van der Waals surface area contributed by atoms with Crippen molar-refractivity contribution in [1.82, 2.24) is 5.32 Å². The molecule has 0 aliphatic carbocycles. The Morgan fingerprint density at radius 1 is 0.933 bits per heavy atom. The first kappa shape index (κ1) is 26.6. The molecule has 5 atom stereocenters. The molecule has 0 aromatic carbocycles. The average Bonchev–Trinajstić information content (AvgIpc) is 2.55. The van der Waals surface area contributed by atoms with Crippen molar-refractivity contribution in [3.05, 3.63) is 0 Å². The van der Waals surface area contributed by atoms with Gasteiger partial charge in [-0.15, -0.1) is 0 Å². The molecular weight excluding hydrogens is 477 g/mol. The Balaban J connectivity index is 3.22. The summed E-state index contributed by atoms with van der Waals surface area (Å²) in [7, 11) is -1.27. The van der Waals surface area contributed by atoms with Crippen LogP contribution in [-0.4, -0.2) is 82.8 Å². The SMILES string of the molecule is CC(=O)N[C@@H]1[C@@H](OC(C)=O)[C@H](OC(C)=O)[C@@H](COC(C)=O)O[C@H]1[Se]CC[Si](C)(C)C. The standard InChI is InChI=1S/C19H33NO8SeSi/c1-11(21)20-16-18(27-14(4)24)17(26-13(3)23)15(10-25-12(2)22)28-19(16)29-8-9-30(5,6)7/h15-19H,8-10H2,1-7H3,(H,20,21)/t15-,16-,17-,18-,19+/m1/s1. The van der Waals surface area contributed by atoms with Gasteiger partial charge < -0.3 is 0 Å². The van der Waals surface area contributed by atoms with E-state index in [0.29, 0.717) is 0 Å². The van der Waals surface area contributed by atoms with E-state index in [4.69, 9.17) is 18.9 Å². The van der Waals surface area contributed by atoms with Gasteiger partial charge in [0.05, 0.1) is 0 Å². The molecule has 1 amide bonds. The Bertz CT molecular complexity index is 639. The first-order valence-electron chi connectivity index (χ1n) is 9.82. The number of nitrogens with one attached hydrogen (secondary N) is 1. The van der Waals surface area contributed by atoms with Crippen molar-refractivity contribution in [2.24, 2.45) is 0 Å². The van der Waals surface area contributed by atoms with Gasteiger partial charge in [-0.05, 0) is 0 Å². The molecule has 0 spiro atoms. The van der Waals surface area contributed by atoms with E-state index in [1.165, 1.54) is 27.7 Å². The number of hydrogen-bond donors (Lipinski definition) is 1. The number of rotatable bonds is 9. The van der Waals surface area contributed by atoms with E-state index in [9.17, 15) is 19.2 Å². The normalized spacial score (nSPS) is 26.4. The molecule has 1 N–H and O–H groups in total. The second kappa shape index (κ2) is 11.8. The van der Waals surface area contributed by atoms with Gasteiger partial charge in [-0.25, -0.2) is 0 Å². The van der Waals surface area contributed by atoms with Crippen molar-refractivity contribution in [3.8, 4) is 0 Å². The summed E-state index contributed by atoms with van der Waals surface area (Å²) in [6.45, 7) is 11.8. The van der Waals surface area contributed by atoms with Gasteiger partial charge in [-0.3, -0.25) is 0 Å². The zero-order valence-electron chi connectivity index (χ0n) is 18.7. The Hall–Kier alpha value is -1.42. The van der Waals surface area contributed by atoms with Crippen LogP contribution in [0, 0.1) is 0 Å². The topological polar surface area (TPSA) is 117 Å². The Kier molecular flexibility index (Phi) is 10.5. The fraction of sp³-hybridized carbons (Fsp3) is 0.789. The molecule has 1 saturated heterocycles. The zero-order chi connectivity index (χ0) is 23.1. The van der Waals surface area contributed by atoms with Crippen LogP contribution < -0.4 is 5.32 Å². The average molecular weight is 511 g/mol. The minimum absolute atomic E-state index is 0.0541. The molecule has 0 bridgehead atoms. The second-order valence-electron chi connectivity index (χ2n) is 8.40. The molecule has 1 aliphatic rings. The number of carbonyl (C=O) groups excluding carboxylic acids is 4. The third kappa shape index (κ3) is 9.59. The van der Waals surface area contributed by atoms with E-state index in [1.54, 1.807) is 0 Å². The predicted molar refractivity (Wildman–Crippen MR) is 113 cm³/mol. The van der Waals surface area contributed by atoms with E-state index in [2.05, 4.69) is 25.0 Å². The van der Waals surface area contributed by atoms with Crippen molar-refractivity contribution < 1.29 is 38.1 Å². The summed E-state index contributed by atoms with van der Waals surface area (Å²) >= 11 is -0.0541. The van der Waals surface area contributed by atoms with E-state index >= 15 is 0 Å². The molecule has 1 rings (SSSR count). The molecule has 30 heavy (non-hydrogen) atoms. The van der Waals surface area contributed by atoms with E-state index in [1.807, 2.05) is 0 Å². The maximum atomic E-state index is 11.9. The van der Waals surface area contributed by atoms with Crippen LogP contribution in [0.4, 0.5) is 0 Å². The molecule has 172 valence electrons. The fourth-order valence-electron chi connectivity index (χ4n) is 2.91. The van der Waals surface area contributed by atoms with Crippen LogP contribution in [-0.2, 0) is 38.1 Å². The van der Waals surface area contributed by atoms with Crippen LogP contribution >= 0.6 is 0 Å². The fourth-order valence-corrected chi connectivity index (χ4v) is 10.1. The van der Waals surface area contributed by atoms with Crippen molar-refractivity contribution >= 4 is 46.8 Å². The zero-order valence-corrected chi connectivity index (χ0v) is 21.4. The van der Waals surface area contributed by atoms with Gasteiger partial charge in [0, 0.05) is 0 Å². The predicted octanol–water partition coefficient (Wildman–Crippen LogP) is 1.10. The summed E-state index contributed by atoms with van der Waals surface area (Å²) in [6.07, 6.45) is -2.79. The Labute approximate surface area is 185 Å². The van der Waals surface area contributed by atoms with Crippen LogP contribution in [0.1, 0.15) is 27.7 Å². The van der Waals surface area contributed by atoms with Gasteiger partial charge in [-0.1, -0.05) is 0 Å². The van der Waals surface area contributed by atoms with Gasteiger partial charge in [0.25, 0.3) is 0 Å². The van der Waals surface area contributed by atoms with Crippen molar-refractivity contribution in [3.63, 3.8) is 0 Å². The number of hydrogen-bond acceptors (Lipinski definition) is 8. The van der Waals surface area contributed by atoms with Crippen LogP contribution in [0.15, 0.2) is 0 Å². The van der Waals surface area contributed by atoms with Crippen molar-refractivity contribution in [2.75, 3.05) is 6.61 Å². The maximum absolute atomic E-state index is 11.9. The molecule has 1 heterocycles. The molecule has 9 nitrogen and oxygen atoms in total. The second-order valence-corrected chi connectivity index (χ2v) is 16.6. The van der Waals surface area contributed by atoms with E-state index in [-0.39, 0.29) is 27.5 Å². The number of carbonyl (C=O) groups is 4. The summed E-state index contributed by atoms with van der Waals surface area (Å²) in [6, 6.07) is 0.408. The minimum atomic E-state index is -1.27. The van der Waals surface area contributed by atoms with Crippen molar-refractivity contribution in [2.45, 2.75) is 88.1 Å². The first-order chi connectivity index (χ1) is 13.8. The molecule has 0 saturated carbocycles. The summed E-state index contributed by atoms with van der Waals surface area (Å²) in [5.41, 5.74) is 0. The monoisotopic (exact) mass is 511 g/mol. The van der Waals surface area contributed by atoms with Crippen LogP contribution in [0.5, 0.6) is 0 Å². The van der Waals surface area contributed by atoms with Crippen LogP contribution in [0.25, 0.3) is 0 Å². The van der Waals surface area contributed by atoms with Gasteiger partial charge in [0.1, 0.15) is 0 Å². The molecule has 1 fully saturated rings. The van der Waals surface area contributed by atoms with Gasteiger partial charge >= 0.3 is 185 Å². The molecule has 0 radical (unpaired) electrons. The quantitative estimate of drug-likeness (QED) is 0.279. The van der Waals surface area contributed by atoms with Crippen LogP contribution in [0.3, 0.4) is 0 Å². The summed E-state index contributed by atoms with van der Waals surface area (Å²) < 4.78 is 22.2. The molecule has 1 aliphatic heterocycles. The molecular formula is C19H33NO8SeSi. The van der Waals surface area contributed by atoms with Crippen LogP contribution in [0.2, 0.25) is 31.0 Å². The van der Waals surface area contributed by atoms with E-state index < -0.39 is 55.3 Å². The Morgan fingerprint density at radius 2 is 1.50 bits per heavy atom. The van der Waals surface area contributed by atoms with Gasteiger partial charge in [-0.2, -0.15) is 0 Å². The van der Waals surface area contributed by atoms with Gasteiger partial charge in [0.2, 0.25) is 0 Å². The van der Waals surface area contributed by atoms with Gasteiger partial charge in [0.15, 0.2) is 0 Å². The third-order valence-electron chi connectivity index (χ3n) is 4.21. The molecule has 11 heteroatoms. The number of amides is 1. The summed E-state index contributed by atoms with van der Waals surface area (Å²) in [4.78, 5) is 46.7. The van der Waals surface area contributed by atoms with E-state index in [0.717, 1.165) is 11.4 Å². The first-order valence-corrected chi connectivity index (χ1v) is 15.7. The third-order valence-corrected chi connectivity index (χ3v) is 9.23. The summed E-state index contributed by atoms with van der Waals surface area (Å²) in [5, 5.41) is 3.30. The van der Waals surface area contributed by atoms with Crippen molar-refractivity contribution in [1.29, 1.82) is 0 Å². The summed E-state index contributed by atoms with van der Waals surface area (Å²) in [5.74, 6) is -1.99. The molecule has 0 aromatic rings.